The molecule has 1 heterocycles. The predicted molar refractivity (Wildman–Crippen MR) is 51.9 cm³/mol. The smallest absolute Gasteiger partial charge is 0.430 e. The lowest BCUT2D eigenvalue weighted by molar-refractivity contribution is -0.158. The van der Waals surface area contributed by atoms with Gasteiger partial charge in [-0.2, -0.15) is 0 Å². The topological polar surface area (TPSA) is 35.5 Å². The highest BCUT2D eigenvalue weighted by molar-refractivity contribution is 5.62. The molecule has 0 spiro atoms. The molecule has 0 aromatic heterocycles. The first-order valence-corrected chi connectivity index (χ1v) is 5.13. The number of hydrogen-bond acceptors (Lipinski definition) is 3. The highest BCUT2D eigenvalue weighted by Crippen LogP contribution is 2.41. The van der Waals surface area contributed by atoms with Crippen LogP contribution in [0, 0.1) is 11.8 Å². The molecule has 14 heavy (non-hydrogen) atoms. The Labute approximate surface area is 89.0 Å². The minimum atomic E-state index is -2.31. The Morgan fingerprint density at radius 1 is 1.57 bits per heavy atom. The molecule has 0 aromatic rings. The largest absolute Gasteiger partial charge is 0.509 e. The fourth-order valence-corrected chi connectivity index (χ4v) is 2.49. The van der Waals surface area contributed by atoms with Crippen molar-refractivity contribution in [3.8, 4) is 0 Å². The third-order valence-corrected chi connectivity index (χ3v) is 3.30. The van der Waals surface area contributed by atoms with E-state index < -0.39 is 18.6 Å². The Kier molecular flexibility index (Phi) is 1.50. The van der Waals surface area contributed by atoms with Gasteiger partial charge < -0.3 is 9.47 Å². The zero-order chi connectivity index (χ0) is 12.8. The number of ether oxygens (including phenoxy) is 2. The van der Waals surface area contributed by atoms with Crippen molar-refractivity contribution >= 4 is 6.16 Å². The molecule has 0 aromatic carbocycles. The van der Waals surface area contributed by atoms with Gasteiger partial charge in [0, 0.05) is 10.0 Å². The van der Waals surface area contributed by atoms with E-state index in [2.05, 4.69) is 6.92 Å². The third-order valence-electron chi connectivity index (χ3n) is 3.30. The van der Waals surface area contributed by atoms with E-state index in [4.69, 9.17) is 13.6 Å². The molecule has 0 bridgehead atoms. The molecule has 1 aliphatic heterocycles. The molecule has 80 valence electrons. The Morgan fingerprint density at radius 2 is 2.36 bits per heavy atom. The van der Waals surface area contributed by atoms with E-state index in [1.807, 2.05) is 0 Å². The summed E-state index contributed by atoms with van der Waals surface area (Å²) >= 11 is 0. The van der Waals surface area contributed by atoms with Crippen LogP contribution in [-0.4, -0.2) is 17.9 Å². The number of carbonyl (C=O) groups excluding carboxylic acids is 1. The van der Waals surface area contributed by atoms with Crippen molar-refractivity contribution in [1.82, 2.24) is 0 Å². The van der Waals surface area contributed by atoms with E-state index in [9.17, 15) is 4.79 Å². The van der Waals surface area contributed by atoms with Gasteiger partial charge in [-0.3, -0.25) is 0 Å². The minimum Gasteiger partial charge on any atom is -0.430 e. The summed E-state index contributed by atoms with van der Waals surface area (Å²) in [5, 5.41) is 0. The summed E-state index contributed by atoms with van der Waals surface area (Å²) in [4.78, 5) is 11.4. The standard InChI is InChI=1S/C11H18O3/c1-7-4-5-8-9(6-7)13-10(12)14-11(8,2)3/h7-9H,4-6H2,1-3H3/t7-,8-,9-/m0/s1/i2D3/t7-,8-,9-,11+. The molecule has 1 aliphatic carbocycles. The maximum absolute atomic E-state index is 11.4. The average molecular weight is 201 g/mol. The average Bonchev–Trinajstić information content (AvgIpc) is 2.14. The summed E-state index contributed by atoms with van der Waals surface area (Å²) in [7, 11) is 0. The van der Waals surface area contributed by atoms with Crippen molar-refractivity contribution in [2.24, 2.45) is 11.8 Å². The summed E-state index contributed by atoms with van der Waals surface area (Å²) < 4.78 is 32.9. The molecule has 4 atom stereocenters. The Morgan fingerprint density at radius 3 is 3.07 bits per heavy atom. The fraction of sp³-hybridized carbons (Fsp3) is 0.909. The lowest BCUT2D eigenvalue weighted by Gasteiger charge is -2.46. The first-order valence-electron chi connectivity index (χ1n) is 6.63. The Hall–Kier alpha value is -0.730. The SMILES string of the molecule is [2H]C([2H])([2H])[C@]1(C)OC(=O)O[C@H]2C[C@@H](C)CC[C@@H]21. The molecule has 0 radical (unpaired) electrons. The Balaban J connectivity index is 2.30. The first-order chi connectivity index (χ1) is 7.74. The number of rotatable bonds is 0. The van der Waals surface area contributed by atoms with Gasteiger partial charge in [-0.25, -0.2) is 4.79 Å². The lowest BCUT2D eigenvalue weighted by atomic mass is 9.73. The molecule has 2 aliphatic rings. The molecule has 1 saturated heterocycles. The maximum Gasteiger partial charge on any atom is 0.509 e. The van der Waals surface area contributed by atoms with Gasteiger partial charge in [0.15, 0.2) is 0 Å². The highest BCUT2D eigenvalue weighted by atomic mass is 16.7. The second kappa shape index (κ2) is 3.14. The zero-order valence-corrected chi connectivity index (χ0v) is 8.58. The van der Waals surface area contributed by atoms with Crippen LogP contribution in [0.1, 0.15) is 44.1 Å². The van der Waals surface area contributed by atoms with E-state index in [-0.39, 0.29) is 12.0 Å². The molecular formula is C11H18O3. The van der Waals surface area contributed by atoms with Crippen molar-refractivity contribution in [2.45, 2.75) is 51.7 Å². The van der Waals surface area contributed by atoms with Crippen molar-refractivity contribution in [3.05, 3.63) is 0 Å². The normalized spacial score (nSPS) is 51.7. The number of carbonyl (C=O) groups is 1. The van der Waals surface area contributed by atoms with Gasteiger partial charge in [-0.15, -0.1) is 0 Å². The summed E-state index contributed by atoms with van der Waals surface area (Å²) in [6, 6.07) is 0. The molecule has 3 heteroatoms. The van der Waals surface area contributed by atoms with Crippen LogP contribution in [0.3, 0.4) is 0 Å². The van der Waals surface area contributed by atoms with Crippen molar-refractivity contribution in [1.29, 1.82) is 0 Å². The predicted octanol–water partition coefficient (Wildman–Crippen LogP) is 2.74. The van der Waals surface area contributed by atoms with E-state index in [1.165, 1.54) is 6.92 Å². The molecule has 2 fully saturated rings. The molecule has 3 nitrogen and oxygen atoms in total. The monoisotopic (exact) mass is 201 g/mol. The second-order valence-corrected chi connectivity index (χ2v) is 4.64. The fourth-order valence-electron chi connectivity index (χ4n) is 2.49. The molecule has 0 N–H and O–H groups in total. The van der Waals surface area contributed by atoms with Crippen LogP contribution < -0.4 is 0 Å². The van der Waals surface area contributed by atoms with Gasteiger partial charge in [-0.1, -0.05) is 13.3 Å². The van der Waals surface area contributed by atoms with Crippen molar-refractivity contribution in [3.63, 3.8) is 0 Å². The van der Waals surface area contributed by atoms with Crippen molar-refractivity contribution < 1.29 is 18.4 Å². The second-order valence-electron chi connectivity index (χ2n) is 4.64. The maximum atomic E-state index is 11.4. The third kappa shape index (κ3) is 1.60. The van der Waals surface area contributed by atoms with Crippen molar-refractivity contribution in [2.75, 3.05) is 0 Å². The first kappa shape index (κ1) is 6.70. The lowest BCUT2D eigenvalue weighted by Crippen LogP contribution is -2.52. The molecule has 0 amide bonds. The quantitative estimate of drug-likeness (QED) is 0.565. The highest BCUT2D eigenvalue weighted by Gasteiger charge is 2.47. The number of hydrogen-bond donors (Lipinski definition) is 0. The van der Waals surface area contributed by atoms with Gasteiger partial charge in [0.1, 0.15) is 11.7 Å². The summed E-state index contributed by atoms with van der Waals surface area (Å²) in [6.45, 7) is 1.29. The van der Waals surface area contributed by atoms with Crippen LogP contribution in [-0.2, 0) is 9.47 Å². The van der Waals surface area contributed by atoms with Crippen LogP contribution in [0.5, 0.6) is 0 Å². The zero-order valence-electron chi connectivity index (χ0n) is 11.6. The van der Waals surface area contributed by atoms with Gasteiger partial charge in [0.2, 0.25) is 0 Å². The van der Waals surface area contributed by atoms with Crippen LogP contribution in [0.2, 0.25) is 0 Å². The van der Waals surface area contributed by atoms with E-state index in [1.54, 1.807) is 0 Å². The van der Waals surface area contributed by atoms with Crippen LogP contribution in [0.25, 0.3) is 0 Å². The molecule has 0 unspecified atom stereocenters. The number of cyclic esters (lactones) is 1. The Bertz CT molecular complexity index is 328. The van der Waals surface area contributed by atoms with Gasteiger partial charge in [0.25, 0.3) is 0 Å². The summed E-state index contributed by atoms with van der Waals surface area (Å²) in [5.41, 5.74) is -1.41. The van der Waals surface area contributed by atoms with E-state index in [0.717, 1.165) is 19.3 Å². The summed E-state index contributed by atoms with van der Waals surface area (Å²) in [5.74, 6) is 0.229. The minimum absolute atomic E-state index is 0.233. The van der Waals surface area contributed by atoms with Crippen LogP contribution in [0.15, 0.2) is 0 Å². The van der Waals surface area contributed by atoms with Crippen LogP contribution in [0.4, 0.5) is 4.79 Å². The number of fused-ring (bicyclic) bond motifs is 1. The van der Waals surface area contributed by atoms with E-state index >= 15 is 0 Å². The van der Waals surface area contributed by atoms with Gasteiger partial charge in [0.05, 0.1) is 0 Å². The van der Waals surface area contributed by atoms with Gasteiger partial charge >= 0.3 is 6.16 Å². The van der Waals surface area contributed by atoms with Gasteiger partial charge in [-0.05, 0) is 32.5 Å². The summed E-state index contributed by atoms with van der Waals surface area (Å²) in [6.07, 6.45) is 1.25. The van der Waals surface area contributed by atoms with Crippen LogP contribution >= 0.6 is 0 Å². The molecular weight excluding hydrogens is 180 g/mol. The molecule has 1 saturated carbocycles. The molecule has 2 rings (SSSR count). The van der Waals surface area contributed by atoms with E-state index in [0.29, 0.717) is 5.92 Å².